The number of nitro groups is 1. The van der Waals surface area contributed by atoms with Crippen LogP contribution in [-0.4, -0.2) is 27.5 Å². The zero-order valence-corrected chi connectivity index (χ0v) is 14.7. The number of aromatic nitrogens is 2. The van der Waals surface area contributed by atoms with Crippen LogP contribution in [0.2, 0.25) is 0 Å². The van der Waals surface area contributed by atoms with Gasteiger partial charge in [-0.05, 0) is 17.2 Å². The minimum absolute atomic E-state index is 0.128. The molecule has 0 radical (unpaired) electrons. The van der Waals surface area contributed by atoms with E-state index in [-0.39, 0.29) is 17.0 Å². The molecule has 0 unspecified atom stereocenters. The molecule has 0 saturated heterocycles. The molecule has 0 spiro atoms. The van der Waals surface area contributed by atoms with Crippen LogP contribution in [0.15, 0.2) is 61.2 Å². The smallest absolute Gasteiger partial charge is 0.270 e. The highest BCUT2D eigenvalue weighted by Gasteiger charge is 2.17. The monoisotopic (exact) mass is 366 g/mol. The average molecular weight is 366 g/mol. The lowest BCUT2D eigenvalue weighted by Gasteiger charge is -2.10. The molecule has 27 heavy (non-hydrogen) atoms. The van der Waals surface area contributed by atoms with Crippen molar-refractivity contribution in [3.63, 3.8) is 0 Å². The Bertz CT molecular complexity index is 937. The van der Waals surface area contributed by atoms with Gasteiger partial charge in [0.05, 0.1) is 23.9 Å². The molecule has 0 atom stereocenters. The number of non-ortho nitro benzene ring substituents is 1. The summed E-state index contributed by atoms with van der Waals surface area (Å²) in [5, 5.41) is 13.7. The molecule has 0 bridgehead atoms. The Morgan fingerprint density at radius 3 is 2.59 bits per heavy atom. The lowest BCUT2D eigenvalue weighted by atomic mass is 10.1. The number of nitrogens with zero attached hydrogens (tertiary/aromatic N) is 3. The number of amides is 1. The van der Waals surface area contributed by atoms with E-state index in [1.54, 1.807) is 12.5 Å². The Morgan fingerprint density at radius 2 is 1.96 bits per heavy atom. The number of methoxy groups -OCH3 is 1. The van der Waals surface area contributed by atoms with Crippen molar-refractivity contribution >= 4 is 11.6 Å². The lowest BCUT2D eigenvalue weighted by Crippen LogP contribution is -2.23. The summed E-state index contributed by atoms with van der Waals surface area (Å²) in [7, 11) is 1.41. The molecule has 3 rings (SSSR count). The van der Waals surface area contributed by atoms with E-state index in [9.17, 15) is 14.9 Å². The largest absolute Gasteiger partial charge is 0.496 e. The van der Waals surface area contributed by atoms with Crippen molar-refractivity contribution in [2.24, 2.45) is 0 Å². The van der Waals surface area contributed by atoms with Crippen LogP contribution in [0.3, 0.4) is 0 Å². The van der Waals surface area contributed by atoms with Gasteiger partial charge >= 0.3 is 0 Å². The number of nitro benzene ring substituents is 1. The second-order valence-corrected chi connectivity index (χ2v) is 5.88. The van der Waals surface area contributed by atoms with Gasteiger partial charge in [-0.1, -0.05) is 24.3 Å². The van der Waals surface area contributed by atoms with Crippen LogP contribution in [-0.2, 0) is 13.1 Å². The van der Waals surface area contributed by atoms with Crippen molar-refractivity contribution in [3.8, 4) is 5.75 Å². The van der Waals surface area contributed by atoms with Crippen molar-refractivity contribution in [2.45, 2.75) is 13.1 Å². The van der Waals surface area contributed by atoms with E-state index in [4.69, 9.17) is 4.74 Å². The number of carbonyl (C=O) groups excluding carboxylic acids is 1. The highest BCUT2D eigenvalue weighted by Crippen LogP contribution is 2.24. The minimum Gasteiger partial charge on any atom is -0.496 e. The van der Waals surface area contributed by atoms with Gasteiger partial charge in [0, 0.05) is 37.6 Å². The fourth-order valence-corrected chi connectivity index (χ4v) is 2.62. The van der Waals surface area contributed by atoms with Crippen molar-refractivity contribution in [3.05, 3.63) is 88.0 Å². The molecular weight excluding hydrogens is 348 g/mol. The van der Waals surface area contributed by atoms with Crippen LogP contribution in [0.1, 0.15) is 21.5 Å². The maximum absolute atomic E-state index is 12.4. The predicted octanol–water partition coefficient (Wildman–Crippen LogP) is 2.78. The van der Waals surface area contributed by atoms with Crippen LogP contribution < -0.4 is 10.1 Å². The topological polar surface area (TPSA) is 99.3 Å². The van der Waals surface area contributed by atoms with Crippen LogP contribution in [0.4, 0.5) is 5.69 Å². The Balaban J connectivity index is 1.65. The van der Waals surface area contributed by atoms with E-state index in [0.29, 0.717) is 6.54 Å². The fourth-order valence-electron chi connectivity index (χ4n) is 2.62. The minimum atomic E-state index is -0.546. The van der Waals surface area contributed by atoms with Crippen LogP contribution in [0.25, 0.3) is 0 Å². The molecule has 1 heterocycles. The number of rotatable bonds is 7. The zero-order chi connectivity index (χ0) is 19.2. The molecule has 8 nitrogen and oxygen atoms in total. The van der Waals surface area contributed by atoms with Gasteiger partial charge < -0.3 is 14.6 Å². The molecule has 3 aromatic rings. The first-order valence-electron chi connectivity index (χ1n) is 8.21. The number of ether oxygens (including phenoxy) is 1. The van der Waals surface area contributed by atoms with Gasteiger partial charge in [-0.2, -0.15) is 0 Å². The Labute approximate surface area is 155 Å². The quantitative estimate of drug-likeness (QED) is 0.512. The summed E-state index contributed by atoms with van der Waals surface area (Å²) < 4.78 is 7.09. The summed E-state index contributed by atoms with van der Waals surface area (Å²) >= 11 is 0. The molecule has 0 aliphatic rings. The van der Waals surface area contributed by atoms with Gasteiger partial charge in [0.2, 0.25) is 0 Å². The van der Waals surface area contributed by atoms with Gasteiger partial charge in [-0.25, -0.2) is 4.98 Å². The number of hydrogen-bond donors (Lipinski definition) is 1. The lowest BCUT2D eigenvalue weighted by molar-refractivity contribution is -0.384. The van der Waals surface area contributed by atoms with E-state index in [2.05, 4.69) is 10.3 Å². The molecule has 2 aromatic carbocycles. The molecule has 1 aromatic heterocycles. The van der Waals surface area contributed by atoms with Crippen molar-refractivity contribution < 1.29 is 14.5 Å². The van der Waals surface area contributed by atoms with Crippen LogP contribution in [0, 0.1) is 10.1 Å². The average Bonchev–Trinajstić information content (AvgIpc) is 3.19. The molecule has 138 valence electrons. The van der Waals surface area contributed by atoms with Crippen LogP contribution >= 0.6 is 0 Å². The molecule has 0 aliphatic carbocycles. The summed E-state index contributed by atoms with van der Waals surface area (Å²) in [5.74, 6) is -0.146. The van der Waals surface area contributed by atoms with Gasteiger partial charge in [0.1, 0.15) is 5.75 Å². The number of benzene rings is 2. The number of imidazole rings is 1. The maximum atomic E-state index is 12.4. The van der Waals surface area contributed by atoms with Gasteiger partial charge in [0.15, 0.2) is 0 Å². The number of hydrogen-bond acceptors (Lipinski definition) is 5. The van der Waals surface area contributed by atoms with E-state index in [0.717, 1.165) is 17.7 Å². The van der Waals surface area contributed by atoms with E-state index >= 15 is 0 Å². The summed E-state index contributed by atoms with van der Waals surface area (Å²) in [6, 6.07) is 11.7. The third-order valence-electron chi connectivity index (χ3n) is 4.04. The standard InChI is InChI=1S/C19H18N4O4/c1-27-18-7-6-16(23(25)26)10-17(18)19(24)21-11-14-2-4-15(5-3-14)12-22-9-8-20-13-22/h2-10,13H,11-12H2,1H3,(H,21,24). The third kappa shape index (κ3) is 4.49. The second-order valence-electron chi connectivity index (χ2n) is 5.88. The first-order chi connectivity index (χ1) is 13.1. The van der Waals surface area contributed by atoms with Crippen molar-refractivity contribution in [1.82, 2.24) is 14.9 Å². The molecular formula is C19H18N4O4. The molecule has 8 heteroatoms. The van der Waals surface area contributed by atoms with E-state index in [1.807, 2.05) is 35.0 Å². The Hall–Kier alpha value is -3.68. The maximum Gasteiger partial charge on any atom is 0.270 e. The summed E-state index contributed by atoms with van der Waals surface area (Å²) in [6.45, 7) is 1.02. The Kier molecular flexibility index (Phi) is 5.46. The van der Waals surface area contributed by atoms with Gasteiger partial charge in [-0.15, -0.1) is 0 Å². The molecule has 1 N–H and O–H groups in total. The molecule has 0 saturated carbocycles. The second kappa shape index (κ2) is 8.13. The fraction of sp³-hybridized carbons (Fsp3) is 0.158. The highest BCUT2D eigenvalue weighted by molar-refractivity contribution is 5.97. The summed E-state index contributed by atoms with van der Waals surface area (Å²) in [6.07, 6.45) is 5.37. The van der Waals surface area contributed by atoms with Crippen LogP contribution in [0.5, 0.6) is 5.75 Å². The summed E-state index contributed by atoms with van der Waals surface area (Å²) in [4.78, 5) is 26.8. The molecule has 1 amide bonds. The van der Waals surface area contributed by atoms with E-state index in [1.165, 1.54) is 25.3 Å². The van der Waals surface area contributed by atoms with E-state index < -0.39 is 10.8 Å². The van der Waals surface area contributed by atoms with Gasteiger partial charge in [0.25, 0.3) is 11.6 Å². The number of carbonyl (C=O) groups is 1. The highest BCUT2D eigenvalue weighted by atomic mass is 16.6. The third-order valence-corrected chi connectivity index (χ3v) is 4.04. The molecule has 0 aliphatic heterocycles. The predicted molar refractivity (Wildman–Crippen MR) is 98.6 cm³/mol. The van der Waals surface area contributed by atoms with Gasteiger partial charge in [-0.3, -0.25) is 14.9 Å². The molecule has 0 fully saturated rings. The summed E-state index contributed by atoms with van der Waals surface area (Å²) in [5.41, 5.74) is 2.00. The Morgan fingerprint density at radius 1 is 1.22 bits per heavy atom. The first-order valence-corrected chi connectivity index (χ1v) is 8.21. The zero-order valence-electron chi connectivity index (χ0n) is 14.7. The van der Waals surface area contributed by atoms with Crippen molar-refractivity contribution in [2.75, 3.05) is 7.11 Å². The normalized spacial score (nSPS) is 10.4. The number of nitrogens with one attached hydrogen (secondary N) is 1. The first kappa shape index (κ1) is 18.1. The SMILES string of the molecule is COc1ccc([N+](=O)[O-])cc1C(=O)NCc1ccc(Cn2ccnc2)cc1. The van der Waals surface area contributed by atoms with Crippen molar-refractivity contribution in [1.29, 1.82) is 0 Å².